The third kappa shape index (κ3) is 5.19. The lowest BCUT2D eigenvalue weighted by atomic mass is 10.0. The Kier molecular flexibility index (Phi) is 6.31. The quantitative estimate of drug-likeness (QED) is 0.707. The normalized spacial score (nSPS) is 15.8. The molecule has 4 nitrogen and oxygen atoms in total. The van der Waals surface area contributed by atoms with E-state index in [2.05, 4.69) is 44.9 Å². The van der Waals surface area contributed by atoms with Crippen LogP contribution >= 0.6 is 22.6 Å². The van der Waals surface area contributed by atoms with Gasteiger partial charge in [-0.05, 0) is 71.3 Å². The van der Waals surface area contributed by atoms with Crippen molar-refractivity contribution in [2.75, 3.05) is 20.2 Å². The zero-order valence-electron chi connectivity index (χ0n) is 14.4. The van der Waals surface area contributed by atoms with E-state index in [9.17, 15) is 4.79 Å². The van der Waals surface area contributed by atoms with Crippen molar-refractivity contribution in [3.63, 3.8) is 0 Å². The minimum atomic E-state index is 0.0322. The standard InChI is InChI=1S/C20H23IN2O2/c1-25-19-7-2-4-15(12-19)14-23-10-8-18(9-11-23)22-20(24)16-5-3-6-17(21)13-16/h2-7,12-13,18H,8-11,14H2,1H3,(H,22,24). The first-order chi connectivity index (χ1) is 12.1. The van der Waals surface area contributed by atoms with Crippen LogP contribution in [-0.4, -0.2) is 37.0 Å². The van der Waals surface area contributed by atoms with Gasteiger partial charge in [0.1, 0.15) is 5.75 Å². The molecule has 1 amide bonds. The van der Waals surface area contributed by atoms with Crippen molar-refractivity contribution in [1.29, 1.82) is 0 Å². The van der Waals surface area contributed by atoms with E-state index in [1.54, 1.807) is 7.11 Å². The Morgan fingerprint density at radius 3 is 2.68 bits per heavy atom. The highest BCUT2D eigenvalue weighted by molar-refractivity contribution is 14.1. The van der Waals surface area contributed by atoms with Gasteiger partial charge in [-0.1, -0.05) is 18.2 Å². The fourth-order valence-electron chi connectivity index (χ4n) is 3.16. The smallest absolute Gasteiger partial charge is 0.251 e. The van der Waals surface area contributed by atoms with Crippen molar-refractivity contribution in [2.45, 2.75) is 25.4 Å². The van der Waals surface area contributed by atoms with Crippen molar-refractivity contribution >= 4 is 28.5 Å². The van der Waals surface area contributed by atoms with Crippen LogP contribution in [0.15, 0.2) is 48.5 Å². The molecular weight excluding hydrogens is 427 g/mol. The summed E-state index contributed by atoms with van der Waals surface area (Å²) in [6.07, 6.45) is 1.97. The summed E-state index contributed by atoms with van der Waals surface area (Å²) >= 11 is 2.23. The van der Waals surface area contributed by atoms with Gasteiger partial charge in [-0.2, -0.15) is 0 Å². The molecule has 0 aliphatic carbocycles. The summed E-state index contributed by atoms with van der Waals surface area (Å²) < 4.78 is 6.37. The molecule has 1 fully saturated rings. The number of amides is 1. The van der Waals surface area contributed by atoms with Crippen LogP contribution in [0.5, 0.6) is 5.75 Å². The molecule has 1 N–H and O–H groups in total. The van der Waals surface area contributed by atoms with E-state index in [-0.39, 0.29) is 11.9 Å². The molecule has 1 saturated heterocycles. The number of hydrogen-bond donors (Lipinski definition) is 1. The van der Waals surface area contributed by atoms with E-state index in [0.29, 0.717) is 0 Å². The largest absolute Gasteiger partial charge is 0.497 e. The maximum atomic E-state index is 12.4. The topological polar surface area (TPSA) is 41.6 Å². The number of likely N-dealkylation sites (tertiary alicyclic amines) is 1. The van der Waals surface area contributed by atoms with Gasteiger partial charge in [0.25, 0.3) is 5.91 Å². The summed E-state index contributed by atoms with van der Waals surface area (Å²) in [6, 6.07) is 16.2. The third-order valence-corrected chi connectivity index (χ3v) is 5.22. The van der Waals surface area contributed by atoms with Gasteiger partial charge >= 0.3 is 0 Å². The molecule has 2 aromatic carbocycles. The number of methoxy groups -OCH3 is 1. The number of nitrogens with one attached hydrogen (secondary N) is 1. The Bertz CT molecular complexity index is 727. The monoisotopic (exact) mass is 450 g/mol. The first-order valence-electron chi connectivity index (χ1n) is 8.56. The van der Waals surface area contributed by atoms with E-state index in [0.717, 1.165) is 47.4 Å². The molecule has 25 heavy (non-hydrogen) atoms. The van der Waals surface area contributed by atoms with Crippen molar-refractivity contribution in [3.05, 3.63) is 63.2 Å². The number of rotatable bonds is 5. The first-order valence-corrected chi connectivity index (χ1v) is 9.63. The lowest BCUT2D eigenvalue weighted by molar-refractivity contribution is 0.0909. The van der Waals surface area contributed by atoms with Gasteiger partial charge in [-0.15, -0.1) is 0 Å². The number of nitrogens with zero attached hydrogens (tertiary/aromatic N) is 1. The Balaban J connectivity index is 1.49. The van der Waals surface area contributed by atoms with Crippen LogP contribution < -0.4 is 10.1 Å². The molecule has 0 aromatic heterocycles. The van der Waals surface area contributed by atoms with Crippen molar-refractivity contribution in [2.24, 2.45) is 0 Å². The molecule has 132 valence electrons. The number of benzene rings is 2. The molecule has 1 heterocycles. The summed E-state index contributed by atoms with van der Waals surface area (Å²) in [5.74, 6) is 0.932. The highest BCUT2D eigenvalue weighted by Crippen LogP contribution is 2.18. The van der Waals surface area contributed by atoms with E-state index >= 15 is 0 Å². The third-order valence-electron chi connectivity index (χ3n) is 4.55. The van der Waals surface area contributed by atoms with Crippen LogP contribution in [0.3, 0.4) is 0 Å². The molecule has 3 rings (SSSR count). The Morgan fingerprint density at radius 1 is 1.20 bits per heavy atom. The van der Waals surface area contributed by atoms with Gasteiger partial charge < -0.3 is 10.1 Å². The molecule has 2 aromatic rings. The lowest BCUT2D eigenvalue weighted by Crippen LogP contribution is -2.44. The number of piperidine rings is 1. The maximum Gasteiger partial charge on any atom is 0.251 e. The fraction of sp³-hybridized carbons (Fsp3) is 0.350. The molecule has 0 atom stereocenters. The van der Waals surface area contributed by atoms with E-state index in [1.165, 1.54) is 5.56 Å². The molecule has 0 radical (unpaired) electrons. The van der Waals surface area contributed by atoms with Crippen molar-refractivity contribution < 1.29 is 9.53 Å². The molecular formula is C20H23IN2O2. The number of halogens is 1. The van der Waals surface area contributed by atoms with Gasteiger partial charge in [-0.3, -0.25) is 9.69 Å². The van der Waals surface area contributed by atoms with Crippen LogP contribution in [0.4, 0.5) is 0 Å². The predicted molar refractivity (Wildman–Crippen MR) is 108 cm³/mol. The number of carbonyl (C=O) groups excluding carboxylic acids is 1. The van der Waals surface area contributed by atoms with Gasteiger partial charge in [-0.25, -0.2) is 0 Å². The summed E-state index contributed by atoms with van der Waals surface area (Å²) in [5, 5.41) is 3.18. The molecule has 1 aliphatic rings. The Labute approximate surface area is 162 Å². The molecule has 0 bridgehead atoms. The van der Waals surface area contributed by atoms with Gasteiger partial charge in [0.05, 0.1) is 7.11 Å². The van der Waals surface area contributed by atoms with Crippen molar-refractivity contribution in [1.82, 2.24) is 10.2 Å². The second-order valence-corrected chi connectivity index (χ2v) is 7.63. The fourth-order valence-corrected chi connectivity index (χ4v) is 3.71. The van der Waals surface area contributed by atoms with E-state index in [4.69, 9.17) is 4.74 Å². The summed E-state index contributed by atoms with van der Waals surface area (Å²) in [4.78, 5) is 14.8. The van der Waals surface area contributed by atoms with Crippen LogP contribution in [0.25, 0.3) is 0 Å². The van der Waals surface area contributed by atoms with Gasteiger partial charge in [0.2, 0.25) is 0 Å². The highest BCUT2D eigenvalue weighted by Gasteiger charge is 2.21. The highest BCUT2D eigenvalue weighted by atomic mass is 127. The van der Waals surface area contributed by atoms with Gasteiger partial charge in [0.15, 0.2) is 0 Å². The minimum Gasteiger partial charge on any atom is -0.497 e. The zero-order chi connectivity index (χ0) is 17.6. The second-order valence-electron chi connectivity index (χ2n) is 6.39. The Morgan fingerprint density at radius 2 is 1.96 bits per heavy atom. The summed E-state index contributed by atoms with van der Waals surface area (Å²) in [7, 11) is 1.70. The summed E-state index contributed by atoms with van der Waals surface area (Å²) in [5.41, 5.74) is 2.01. The van der Waals surface area contributed by atoms with Gasteiger partial charge in [0, 0.05) is 34.8 Å². The van der Waals surface area contributed by atoms with Crippen LogP contribution in [0, 0.1) is 3.57 Å². The average Bonchev–Trinajstić information content (AvgIpc) is 2.63. The second kappa shape index (κ2) is 8.67. The molecule has 5 heteroatoms. The van der Waals surface area contributed by atoms with Crippen LogP contribution in [0.2, 0.25) is 0 Å². The zero-order valence-corrected chi connectivity index (χ0v) is 16.5. The molecule has 0 spiro atoms. The number of ether oxygens (including phenoxy) is 1. The van der Waals surface area contributed by atoms with Crippen molar-refractivity contribution in [3.8, 4) is 5.75 Å². The number of carbonyl (C=O) groups is 1. The Hall–Kier alpha value is -1.60. The average molecular weight is 450 g/mol. The van der Waals surface area contributed by atoms with Crippen LogP contribution in [0.1, 0.15) is 28.8 Å². The minimum absolute atomic E-state index is 0.0322. The molecule has 1 aliphatic heterocycles. The summed E-state index contributed by atoms with van der Waals surface area (Å²) in [6.45, 7) is 2.91. The predicted octanol–water partition coefficient (Wildman–Crippen LogP) is 3.69. The maximum absolute atomic E-state index is 12.4. The molecule has 0 unspecified atom stereocenters. The SMILES string of the molecule is COc1cccc(CN2CCC(NC(=O)c3cccc(I)c3)CC2)c1. The van der Waals surface area contributed by atoms with E-state index in [1.807, 2.05) is 36.4 Å². The number of hydrogen-bond acceptors (Lipinski definition) is 3. The molecule has 0 saturated carbocycles. The van der Waals surface area contributed by atoms with E-state index < -0.39 is 0 Å². The lowest BCUT2D eigenvalue weighted by Gasteiger charge is -2.32. The first kappa shape index (κ1) is 18.2. The van der Waals surface area contributed by atoms with Crippen LogP contribution in [-0.2, 0) is 6.54 Å².